The Kier molecular flexibility index (Phi) is 5.80. The van der Waals surface area contributed by atoms with E-state index in [2.05, 4.69) is 51.3 Å². The predicted octanol–water partition coefficient (Wildman–Crippen LogP) is 4.42. The van der Waals surface area contributed by atoms with Crippen LogP contribution in [0, 0.1) is 0 Å². The zero-order valence-corrected chi connectivity index (χ0v) is 16.0. The molecule has 0 aliphatic carbocycles. The van der Waals surface area contributed by atoms with Crippen LogP contribution >= 0.6 is 11.8 Å². The molecule has 0 spiro atoms. The van der Waals surface area contributed by atoms with Crippen LogP contribution in [-0.4, -0.2) is 33.8 Å². The molecule has 0 unspecified atom stereocenters. The van der Waals surface area contributed by atoms with Gasteiger partial charge in [-0.3, -0.25) is 15.0 Å². The fourth-order valence-electron chi connectivity index (χ4n) is 3.20. The molecule has 1 aromatic carbocycles. The normalized spacial score (nSPS) is 14.1. The number of amidine groups is 1. The molecule has 3 aromatic rings. The number of aromatic nitrogens is 2. The molecule has 136 valence electrons. The van der Waals surface area contributed by atoms with Gasteiger partial charge in [0.05, 0.1) is 0 Å². The summed E-state index contributed by atoms with van der Waals surface area (Å²) in [5.74, 6) is 2.00. The van der Waals surface area contributed by atoms with Crippen LogP contribution in [0.25, 0.3) is 0 Å². The third-order valence-electron chi connectivity index (χ3n) is 4.49. The summed E-state index contributed by atoms with van der Waals surface area (Å²) in [6.45, 7) is 2.75. The van der Waals surface area contributed by atoms with Crippen LogP contribution in [0.1, 0.15) is 23.1 Å². The van der Waals surface area contributed by atoms with E-state index >= 15 is 0 Å². The molecule has 2 aromatic heterocycles. The molecule has 3 heterocycles. The summed E-state index contributed by atoms with van der Waals surface area (Å²) in [6.07, 6.45) is 8.60. The monoisotopic (exact) mass is 374 g/mol. The molecule has 5 heteroatoms. The first-order chi connectivity index (χ1) is 13.4. The second kappa shape index (κ2) is 8.82. The molecule has 27 heavy (non-hydrogen) atoms. The van der Waals surface area contributed by atoms with Crippen LogP contribution < -0.4 is 0 Å². The smallest absolute Gasteiger partial charge is 0.132 e. The summed E-state index contributed by atoms with van der Waals surface area (Å²) < 4.78 is 0. The van der Waals surface area contributed by atoms with E-state index in [0.29, 0.717) is 0 Å². The van der Waals surface area contributed by atoms with Crippen LogP contribution in [-0.2, 0) is 12.3 Å². The Labute approximate surface area is 164 Å². The highest BCUT2D eigenvalue weighted by Crippen LogP contribution is 2.28. The van der Waals surface area contributed by atoms with E-state index in [1.54, 1.807) is 0 Å². The number of thioether (sulfide) groups is 1. The van der Waals surface area contributed by atoms with Crippen LogP contribution in [0.15, 0.2) is 83.2 Å². The molecule has 0 saturated heterocycles. The number of pyridine rings is 2. The quantitative estimate of drug-likeness (QED) is 0.599. The second-order valence-corrected chi connectivity index (χ2v) is 7.50. The van der Waals surface area contributed by atoms with Crippen molar-refractivity contribution < 1.29 is 0 Å². The largest absolute Gasteiger partial charge is 0.352 e. The van der Waals surface area contributed by atoms with Crippen LogP contribution in [0.2, 0.25) is 0 Å². The van der Waals surface area contributed by atoms with Crippen molar-refractivity contribution in [2.45, 2.75) is 23.6 Å². The summed E-state index contributed by atoms with van der Waals surface area (Å²) in [7, 11) is 0. The Balaban J connectivity index is 1.56. The van der Waals surface area contributed by atoms with E-state index < -0.39 is 0 Å². The molecule has 0 fully saturated rings. The van der Waals surface area contributed by atoms with Crippen molar-refractivity contribution >= 4 is 17.6 Å². The van der Waals surface area contributed by atoms with Gasteiger partial charge in [0.25, 0.3) is 0 Å². The topological polar surface area (TPSA) is 41.4 Å². The van der Waals surface area contributed by atoms with Crippen LogP contribution in [0.3, 0.4) is 0 Å². The highest BCUT2D eigenvalue weighted by atomic mass is 32.2. The van der Waals surface area contributed by atoms with Gasteiger partial charge in [-0.1, -0.05) is 30.3 Å². The molecule has 0 amide bonds. The van der Waals surface area contributed by atoms with Crippen molar-refractivity contribution in [1.82, 2.24) is 14.9 Å². The van der Waals surface area contributed by atoms with Gasteiger partial charge in [0.1, 0.15) is 5.84 Å². The van der Waals surface area contributed by atoms with Gasteiger partial charge in [0.15, 0.2) is 0 Å². The van der Waals surface area contributed by atoms with E-state index in [1.165, 1.54) is 21.6 Å². The van der Waals surface area contributed by atoms with Crippen molar-refractivity contribution in [3.8, 4) is 0 Å². The fraction of sp³-hybridized carbons (Fsp3) is 0.227. The van der Waals surface area contributed by atoms with Gasteiger partial charge in [-0.25, -0.2) is 0 Å². The number of aliphatic imine (C=N–C) groups is 1. The maximum atomic E-state index is 4.89. The molecule has 1 aliphatic rings. The third-order valence-corrected chi connectivity index (χ3v) is 5.63. The minimum Gasteiger partial charge on any atom is -0.352 e. The first kappa shape index (κ1) is 17.7. The van der Waals surface area contributed by atoms with Crippen LogP contribution in [0.4, 0.5) is 0 Å². The molecule has 0 bridgehead atoms. The standard InChI is InChI=1S/C22H22N4S/c1-2-9-21(27-17-19-7-4-11-24-15-19)20(8-1)22-25-12-5-13-26(22)16-18-6-3-10-23-14-18/h1-4,6-11,14-15H,5,12-13,16-17H2. The zero-order valence-electron chi connectivity index (χ0n) is 15.2. The molecule has 0 saturated carbocycles. The molecule has 0 atom stereocenters. The summed E-state index contributed by atoms with van der Waals surface area (Å²) in [4.78, 5) is 17.0. The van der Waals surface area contributed by atoms with Gasteiger partial charge < -0.3 is 4.90 Å². The first-order valence-corrected chi connectivity index (χ1v) is 10.2. The van der Waals surface area contributed by atoms with Gasteiger partial charge in [-0.05, 0) is 35.7 Å². The number of hydrogen-bond acceptors (Lipinski definition) is 5. The Morgan fingerprint density at radius 2 is 1.67 bits per heavy atom. The highest BCUT2D eigenvalue weighted by molar-refractivity contribution is 7.98. The minimum absolute atomic E-state index is 0.842. The number of hydrogen-bond donors (Lipinski definition) is 0. The van der Waals surface area contributed by atoms with E-state index in [-0.39, 0.29) is 0 Å². The Hall–Kier alpha value is -2.66. The number of rotatable bonds is 6. The van der Waals surface area contributed by atoms with Gasteiger partial charge in [0, 0.05) is 60.6 Å². The first-order valence-electron chi connectivity index (χ1n) is 9.19. The molecule has 4 nitrogen and oxygen atoms in total. The lowest BCUT2D eigenvalue weighted by molar-refractivity contribution is 0.388. The number of nitrogens with zero attached hydrogens (tertiary/aromatic N) is 4. The molecule has 4 rings (SSSR count). The fourth-order valence-corrected chi connectivity index (χ4v) is 4.18. The molecule has 0 N–H and O–H groups in total. The SMILES string of the molecule is c1cncc(CSc2ccccc2C2=NCCCN2Cc2cccnc2)c1. The van der Waals surface area contributed by atoms with Gasteiger partial charge in [0.2, 0.25) is 0 Å². The van der Waals surface area contributed by atoms with Crippen molar-refractivity contribution in [2.24, 2.45) is 4.99 Å². The predicted molar refractivity (Wildman–Crippen MR) is 111 cm³/mol. The molecule has 1 aliphatic heterocycles. The van der Waals surface area contributed by atoms with E-state index in [1.807, 2.05) is 48.7 Å². The van der Waals surface area contributed by atoms with Crippen LogP contribution in [0.5, 0.6) is 0 Å². The second-order valence-electron chi connectivity index (χ2n) is 6.49. The lowest BCUT2D eigenvalue weighted by Gasteiger charge is -2.30. The van der Waals surface area contributed by atoms with Gasteiger partial charge in [-0.2, -0.15) is 0 Å². The Morgan fingerprint density at radius 3 is 2.44 bits per heavy atom. The lowest BCUT2D eigenvalue weighted by Crippen LogP contribution is -2.36. The maximum Gasteiger partial charge on any atom is 0.132 e. The average Bonchev–Trinajstić information content (AvgIpc) is 2.74. The van der Waals surface area contributed by atoms with Crippen molar-refractivity contribution in [1.29, 1.82) is 0 Å². The summed E-state index contributed by atoms with van der Waals surface area (Å²) in [5, 5.41) is 0. The summed E-state index contributed by atoms with van der Waals surface area (Å²) in [5.41, 5.74) is 3.66. The van der Waals surface area contributed by atoms with E-state index in [4.69, 9.17) is 4.99 Å². The zero-order chi connectivity index (χ0) is 18.3. The van der Waals surface area contributed by atoms with Crippen molar-refractivity contribution in [2.75, 3.05) is 13.1 Å². The highest BCUT2D eigenvalue weighted by Gasteiger charge is 2.20. The van der Waals surface area contributed by atoms with Crippen molar-refractivity contribution in [3.05, 3.63) is 90.0 Å². The van der Waals surface area contributed by atoms with E-state index in [0.717, 1.165) is 37.6 Å². The van der Waals surface area contributed by atoms with E-state index in [9.17, 15) is 0 Å². The Morgan fingerprint density at radius 1 is 0.889 bits per heavy atom. The summed E-state index contributed by atoms with van der Waals surface area (Å²) in [6, 6.07) is 16.8. The van der Waals surface area contributed by atoms with Crippen molar-refractivity contribution in [3.63, 3.8) is 0 Å². The minimum atomic E-state index is 0.842. The molecular weight excluding hydrogens is 352 g/mol. The van der Waals surface area contributed by atoms with Gasteiger partial charge >= 0.3 is 0 Å². The average molecular weight is 375 g/mol. The number of benzene rings is 1. The molecular formula is C22H22N4S. The third kappa shape index (κ3) is 4.55. The lowest BCUT2D eigenvalue weighted by atomic mass is 10.1. The maximum absolute atomic E-state index is 4.89. The van der Waals surface area contributed by atoms with Gasteiger partial charge in [-0.15, -0.1) is 11.8 Å². The summed E-state index contributed by atoms with van der Waals surface area (Å²) >= 11 is 1.84. The molecule has 0 radical (unpaired) electrons. The Bertz CT molecular complexity index is 896.